The van der Waals surface area contributed by atoms with E-state index < -0.39 is 28.5 Å². The van der Waals surface area contributed by atoms with Crippen LogP contribution in [0.15, 0.2) is 102 Å². The predicted octanol–water partition coefficient (Wildman–Crippen LogP) is 6.92. The summed E-state index contributed by atoms with van der Waals surface area (Å²) in [6.07, 6.45) is 0.205. The van der Waals surface area contributed by atoms with Crippen molar-refractivity contribution in [1.29, 1.82) is 0 Å². The molecule has 0 aromatic heterocycles. The maximum Gasteiger partial charge on any atom is 0.264 e. The highest BCUT2D eigenvalue weighted by atomic mass is 35.5. The molecule has 0 aliphatic rings. The normalized spacial score (nSPS) is 12.0. The zero-order valence-corrected chi connectivity index (χ0v) is 29.1. The first kappa shape index (κ1) is 35.8. The highest BCUT2D eigenvalue weighted by Crippen LogP contribution is 2.32. The van der Waals surface area contributed by atoms with Crippen molar-refractivity contribution in [2.24, 2.45) is 5.92 Å². The topological polar surface area (TPSA) is 96.0 Å². The lowest BCUT2D eigenvalue weighted by molar-refractivity contribution is -0.140. The van der Waals surface area contributed by atoms with Gasteiger partial charge in [0.1, 0.15) is 18.3 Å². The Hall–Kier alpha value is -4.05. The molecule has 8 nitrogen and oxygen atoms in total. The molecule has 47 heavy (non-hydrogen) atoms. The fraction of sp³-hybridized carbons (Fsp3) is 0.278. The van der Waals surface area contributed by atoms with Crippen molar-refractivity contribution in [1.82, 2.24) is 10.2 Å². The number of sulfonamides is 1. The minimum Gasteiger partial charge on any atom is -0.495 e. The number of halogens is 2. The molecule has 4 aromatic carbocycles. The highest BCUT2D eigenvalue weighted by molar-refractivity contribution is 7.92. The van der Waals surface area contributed by atoms with Crippen molar-refractivity contribution in [3.8, 4) is 5.75 Å². The molecule has 0 bridgehead atoms. The number of methoxy groups -OCH3 is 1. The molecule has 2 amide bonds. The van der Waals surface area contributed by atoms with Gasteiger partial charge in [0.25, 0.3) is 10.0 Å². The van der Waals surface area contributed by atoms with E-state index in [1.807, 2.05) is 57.2 Å². The van der Waals surface area contributed by atoms with Gasteiger partial charge in [0, 0.05) is 24.5 Å². The van der Waals surface area contributed by atoms with Crippen molar-refractivity contribution in [2.75, 3.05) is 24.5 Å². The minimum absolute atomic E-state index is 0.000237. The Morgan fingerprint density at radius 1 is 0.872 bits per heavy atom. The number of anilines is 1. The number of amides is 2. The zero-order chi connectivity index (χ0) is 34.1. The van der Waals surface area contributed by atoms with E-state index in [-0.39, 0.29) is 40.4 Å². The van der Waals surface area contributed by atoms with Gasteiger partial charge in [-0.05, 0) is 66.4 Å². The number of nitrogens with one attached hydrogen (secondary N) is 1. The third-order valence-corrected chi connectivity index (χ3v) is 9.83. The zero-order valence-electron chi connectivity index (χ0n) is 26.8. The van der Waals surface area contributed by atoms with Crippen LogP contribution in [0.5, 0.6) is 5.75 Å². The van der Waals surface area contributed by atoms with Crippen molar-refractivity contribution in [3.05, 3.63) is 124 Å². The Morgan fingerprint density at radius 3 is 2.17 bits per heavy atom. The first-order valence-electron chi connectivity index (χ1n) is 15.2. The fourth-order valence-corrected chi connectivity index (χ4v) is 6.86. The Bertz CT molecular complexity index is 1780. The standard InChI is InChI=1S/C36H39Cl2N3O5S/c1-25(2)22-39-36(43)33(20-27-9-6-5-7-10-27)40(23-28-11-8-12-29(37)19-28)35(42)24-41(30-15-18-34(46-4)32(38)21-30)47(44,45)31-16-13-26(3)14-17-31/h5-19,21,25,33H,20,22-24H2,1-4H3,(H,39,43)/t33-/m0/s1. The molecule has 248 valence electrons. The second kappa shape index (κ2) is 16.2. The van der Waals surface area contributed by atoms with Gasteiger partial charge in [-0.25, -0.2) is 8.42 Å². The van der Waals surface area contributed by atoms with Gasteiger partial charge in [-0.2, -0.15) is 0 Å². The quantitative estimate of drug-likeness (QED) is 0.155. The van der Waals surface area contributed by atoms with Crippen LogP contribution in [-0.2, 0) is 32.6 Å². The summed E-state index contributed by atoms with van der Waals surface area (Å²) in [6, 6.07) is 26.3. The molecule has 0 unspecified atom stereocenters. The number of aryl methyl sites for hydroxylation is 1. The lowest BCUT2D eigenvalue weighted by Crippen LogP contribution is -2.53. The molecular formula is C36H39Cl2N3O5S. The fourth-order valence-electron chi connectivity index (χ4n) is 4.99. The Labute approximate surface area is 287 Å². The molecule has 1 N–H and O–H groups in total. The second-order valence-corrected chi connectivity index (χ2v) is 14.3. The van der Waals surface area contributed by atoms with Gasteiger partial charge in [-0.1, -0.05) is 97.2 Å². The summed E-state index contributed by atoms with van der Waals surface area (Å²) in [4.78, 5) is 29.9. The maximum absolute atomic E-state index is 14.6. The van der Waals surface area contributed by atoms with Crippen molar-refractivity contribution >= 4 is 50.7 Å². The van der Waals surface area contributed by atoms with Gasteiger partial charge in [0.15, 0.2) is 0 Å². The van der Waals surface area contributed by atoms with Gasteiger partial charge in [-0.3, -0.25) is 13.9 Å². The maximum atomic E-state index is 14.6. The van der Waals surface area contributed by atoms with Crippen molar-refractivity contribution < 1.29 is 22.7 Å². The number of carbonyl (C=O) groups excluding carboxylic acids is 2. The van der Waals surface area contributed by atoms with Gasteiger partial charge >= 0.3 is 0 Å². The molecule has 4 aromatic rings. The highest BCUT2D eigenvalue weighted by Gasteiger charge is 2.35. The van der Waals surface area contributed by atoms with Crippen LogP contribution in [0.25, 0.3) is 0 Å². The van der Waals surface area contributed by atoms with E-state index in [1.165, 1.54) is 36.3 Å². The molecule has 0 spiro atoms. The number of hydrogen-bond acceptors (Lipinski definition) is 5. The van der Waals surface area contributed by atoms with E-state index >= 15 is 0 Å². The molecule has 0 fully saturated rings. The van der Waals surface area contributed by atoms with E-state index in [9.17, 15) is 18.0 Å². The summed E-state index contributed by atoms with van der Waals surface area (Å²) in [5.41, 5.74) is 2.56. The molecule has 0 radical (unpaired) electrons. The third-order valence-electron chi connectivity index (χ3n) is 7.51. The molecule has 0 aliphatic heterocycles. The molecule has 0 saturated carbocycles. The Balaban J connectivity index is 1.82. The molecule has 4 rings (SSSR count). The SMILES string of the molecule is COc1ccc(N(CC(=O)N(Cc2cccc(Cl)c2)[C@@H](Cc2ccccc2)C(=O)NCC(C)C)S(=O)(=O)c2ccc(C)cc2)cc1Cl. The molecule has 11 heteroatoms. The number of benzene rings is 4. The minimum atomic E-state index is -4.28. The summed E-state index contributed by atoms with van der Waals surface area (Å²) in [5, 5.41) is 3.62. The average molecular weight is 697 g/mol. The van der Waals surface area contributed by atoms with Crippen molar-refractivity contribution in [3.63, 3.8) is 0 Å². The first-order valence-corrected chi connectivity index (χ1v) is 17.4. The largest absolute Gasteiger partial charge is 0.495 e. The first-order chi connectivity index (χ1) is 22.4. The van der Waals surface area contributed by atoms with Gasteiger partial charge < -0.3 is 15.0 Å². The van der Waals surface area contributed by atoms with Crippen LogP contribution in [0.2, 0.25) is 10.0 Å². The van der Waals surface area contributed by atoms with Crippen LogP contribution in [0.3, 0.4) is 0 Å². The molecule has 0 aliphatic carbocycles. The summed E-state index contributed by atoms with van der Waals surface area (Å²) in [6.45, 7) is 5.62. The Morgan fingerprint density at radius 2 is 1.55 bits per heavy atom. The second-order valence-electron chi connectivity index (χ2n) is 11.6. The smallest absolute Gasteiger partial charge is 0.264 e. The summed E-state index contributed by atoms with van der Waals surface area (Å²) in [5.74, 6) is -0.420. The molecule has 0 saturated heterocycles. The van der Waals surface area contributed by atoms with E-state index in [2.05, 4.69) is 5.32 Å². The summed E-state index contributed by atoms with van der Waals surface area (Å²) in [7, 11) is -2.82. The van der Waals surface area contributed by atoms with Gasteiger partial charge in [-0.15, -0.1) is 0 Å². The summed E-state index contributed by atoms with van der Waals surface area (Å²) < 4.78 is 34.8. The van der Waals surface area contributed by atoms with Crippen molar-refractivity contribution in [2.45, 2.75) is 44.7 Å². The van der Waals surface area contributed by atoms with Gasteiger partial charge in [0.05, 0.1) is 22.7 Å². The van der Waals surface area contributed by atoms with E-state index in [4.69, 9.17) is 27.9 Å². The summed E-state index contributed by atoms with van der Waals surface area (Å²) >= 11 is 12.8. The number of rotatable bonds is 14. The van der Waals surface area contributed by atoms with E-state index in [0.29, 0.717) is 22.9 Å². The monoisotopic (exact) mass is 695 g/mol. The van der Waals surface area contributed by atoms with E-state index in [1.54, 1.807) is 36.4 Å². The molecule has 0 heterocycles. The van der Waals surface area contributed by atoms with E-state index in [0.717, 1.165) is 15.4 Å². The van der Waals surface area contributed by atoms with Crippen LogP contribution < -0.4 is 14.4 Å². The Kier molecular flexibility index (Phi) is 12.3. The van der Waals surface area contributed by atoms with Crippen LogP contribution in [0.4, 0.5) is 5.69 Å². The lowest BCUT2D eigenvalue weighted by atomic mass is 10.0. The molecule has 1 atom stereocenters. The van der Waals surface area contributed by atoms with Crippen LogP contribution in [0, 0.1) is 12.8 Å². The molecular weight excluding hydrogens is 657 g/mol. The van der Waals surface area contributed by atoms with Crippen LogP contribution in [-0.4, -0.2) is 51.4 Å². The van der Waals surface area contributed by atoms with Crippen LogP contribution in [0.1, 0.15) is 30.5 Å². The average Bonchev–Trinajstić information content (AvgIpc) is 3.04. The lowest BCUT2D eigenvalue weighted by Gasteiger charge is -2.34. The number of ether oxygens (including phenoxy) is 1. The van der Waals surface area contributed by atoms with Crippen LogP contribution >= 0.6 is 23.2 Å². The number of carbonyl (C=O) groups is 2. The number of nitrogens with zero attached hydrogens (tertiary/aromatic N) is 2. The third kappa shape index (κ3) is 9.50. The van der Waals surface area contributed by atoms with Gasteiger partial charge in [0.2, 0.25) is 11.8 Å². The number of hydrogen-bond donors (Lipinski definition) is 1. The predicted molar refractivity (Wildman–Crippen MR) is 187 cm³/mol.